The Morgan fingerprint density at radius 3 is 2.59 bits per heavy atom. The third-order valence-electron chi connectivity index (χ3n) is 6.31. The summed E-state index contributed by atoms with van der Waals surface area (Å²) in [5.41, 5.74) is -0.789. The van der Waals surface area contributed by atoms with Gasteiger partial charge in [0.25, 0.3) is 0 Å². The summed E-state index contributed by atoms with van der Waals surface area (Å²) in [6, 6.07) is 4.87. The summed E-state index contributed by atoms with van der Waals surface area (Å²) < 4.78 is 19.7. The van der Waals surface area contributed by atoms with Crippen LogP contribution in [0.25, 0.3) is 0 Å². The number of ether oxygens (including phenoxy) is 1. The molecule has 1 aliphatic heterocycles. The Balaban J connectivity index is 2.03. The zero-order chi connectivity index (χ0) is 25.5. The van der Waals surface area contributed by atoms with Gasteiger partial charge in [-0.25, -0.2) is 14.1 Å². The molecule has 1 heterocycles. The summed E-state index contributed by atoms with van der Waals surface area (Å²) in [5.74, 6) is -1.10. The number of amides is 2. The maximum absolute atomic E-state index is 15.0. The van der Waals surface area contributed by atoms with Crippen molar-refractivity contribution < 1.29 is 28.6 Å². The van der Waals surface area contributed by atoms with E-state index in [4.69, 9.17) is 9.73 Å². The number of hydrogen-bond acceptors (Lipinski definition) is 6. The van der Waals surface area contributed by atoms with Crippen molar-refractivity contribution in [1.82, 2.24) is 9.80 Å². The van der Waals surface area contributed by atoms with Gasteiger partial charge in [0.1, 0.15) is 23.6 Å². The number of rotatable bonds is 8. The second-order valence-electron chi connectivity index (χ2n) is 10.4. The van der Waals surface area contributed by atoms with Crippen molar-refractivity contribution in [2.75, 3.05) is 27.4 Å². The molecule has 11 heteroatoms. The van der Waals surface area contributed by atoms with Crippen LogP contribution in [0, 0.1) is 11.7 Å². The van der Waals surface area contributed by atoms with E-state index in [9.17, 15) is 19.5 Å². The van der Waals surface area contributed by atoms with Crippen LogP contribution in [0.2, 0.25) is 25.7 Å². The first kappa shape index (κ1) is 26.4. The van der Waals surface area contributed by atoms with Gasteiger partial charge in [-0.05, 0) is 37.6 Å². The molecule has 1 fully saturated rings. The molecule has 2 aliphatic rings. The smallest absolute Gasteiger partial charge is 0.415 e. The highest BCUT2D eigenvalue weighted by Gasteiger charge is 2.71. The number of hydrogen-bond donors (Lipinski definition) is 1. The first-order valence-electron chi connectivity index (χ1n) is 11.1. The molecule has 3 rings (SSSR count). The number of thioether (sulfide) groups is 1. The number of fused-ring (bicyclic) bond motifs is 1. The molecule has 0 bridgehead atoms. The van der Waals surface area contributed by atoms with Gasteiger partial charge in [-0.1, -0.05) is 31.4 Å². The van der Waals surface area contributed by atoms with Gasteiger partial charge < -0.3 is 14.7 Å². The van der Waals surface area contributed by atoms with E-state index in [1.165, 1.54) is 23.1 Å². The number of carbonyl (C=O) groups is 3. The minimum atomic E-state index is -1.37. The van der Waals surface area contributed by atoms with Gasteiger partial charge in [0.2, 0.25) is 5.91 Å². The van der Waals surface area contributed by atoms with Crippen LogP contribution >= 0.6 is 11.8 Å². The molecule has 0 unspecified atom stereocenters. The number of amidine groups is 1. The molecule has 0 radical (unpaired) electrons. The first-order valence-corrected chi connectivity index (χ1v) is 15.6. The number of carbonyl (C=O) groups excluding carboxylic acids is 2. The molecule has 186 valence electrons. The second kappa shape index (κ2) is 9.42. The number of halogens is 1. The number of nitrogens with zero attached hydrogens (tertiary/aromatic N) is 3. The Hall–Kier alpha value is -2.24. The molecule has 3 atom stereocenters. The van der Waals surface area contributed by atoms with Gasteiger partial charge in [-0.15, -0.1) is 0 Å². The average Bonchev–Trinajstić information content (AvgIpc) is 3.49. The Labute approximate surface area is 204 Å². The van der Waals surface area contributed by atoms with Crippen LogP contribution in [0.4, 0.5) is 9.18 Å². The highest BCUT2D eigenvalue weighted by atomic mass is 32.2. The summed E-state index contributed by atoms with van der Waals surface area (Å²) in [6.07, 6.45) is -0.238. The van der Waals surface area contributed by atoms with E-state index in [0.29, 0.717) is 19.3 Å². The molecule has 8 nitrogen and oxygen atoms in total. The van der Waals surface area contributed by atoms with Crippen LogP contribution in [0.1, 0.15) is 29.3 Å². The Morgan fingerprint density at radius 1 is 1.35 bits per heavy atom. The van der Waals surface area contributed by atoms with Crippen LogP contribution in [0.5, 0.6) is 0 Å². The molecule has 0 spiro atoms. The molecule has 1 aliphatic carbocycles. The molecule has 34 heavy (non-hydrogen) atoms. The second-order valence-corrected chi connectivity index (χ2v) is 17.3. The molecule has 1 N–H and O–H groups in total. The lowest BCUT2D eigenvalue weighted by molar-refractivity contribution is -0.129. The fourth-order valence-electron chi connectivity index (χ4n) is 4.22. The molecular formula is C23H32FN3O5SSi. The topological polar surface area (TPSA) is 99.5 Å². The van der Waals surface area contributed by atoms with Crippen LogP contribution in [0.15, 0.2) is 23.2 Å². The number of aldehydes is 1. The van der Waals surface area contributed by atoms with Gasteiger partial charge in [-0.3, -0.25) is 14.6 Å². The van der Waals surface area contributed by atoms with Gasteiger partial charge in [0.05, 0.1) is 5.54 Å². The summed E-state index contributed by atoms with van der Waals surface area (Å²) >= 11 is 1.10. The Kier molecular flexibility index (Phi) is 7.31. The van der Waals surface area contributed by atoms with Crippen molar-refractivity contribution in [3.63, 3.8) is 0 Å². The van der Waals surface area contributed by atoms with Crippen molar-refractivity contribution in [2.24, 2.45) is 10.9 Å². The largest absolute Gasteiger partial charge is 0.465 e. The molecule has 1 aromatic carbocycles. The Bertz CT molecular complexity index is 1030. The van der Waals surface area contributed by atoms with E-state index in [2.05, 4.69) is 19.6 Å². The SMILES string of the molecule is CN(C)C(=O)[C@]12C[C@H]1[C@@](C)(c1cc(C=O)ccc1F)N=C(N(COCC[Si](C)(C)C)C(=O)O)S2. The maximum Gasteiger partial charge on any atom is 0.415 e. The number of aliphatic imine (C=N–C) groups is 1. The number of carboxylic acid groups (broad SMARTS) is 1. The summed E-state index contributed by atoms with van der Waals surface area (Å²) in [7, 11) is 1.90. The Morgan fingerprint density at radius 2 is 2.03 bits per heavy atom. The molecule has 1 saturated carbocycles. The van der Waals surface area contributed by atoms with E-state index < -0.39 is 30.3 Å². The van der Waals surface area contributed by atoms with Crippen molar-refractivity contribution in [3.8, 4) is 0 Å². The van der Waals surface area contributed by atoms with E-state index in [1.54, 1.807) is 21.0 Å². The lowest BCUT2D eigenvalue weighted by atomic mass is 9.85. The molecule has 1 aromatic rings. The lowest BCUT2D eigenvalue weighted by Crippen LogP contribution is -2.47. The van der Waals surface area contributed by atoms with Crippen molar-refractivity contribution >= 4 is 43.3 Å². The maximum atomic E-state index is 15.0. The monoisotopic (exact) mass is 509 g/mol. The van der Waals surface area contributed by atoms with E-state index >= 15 is 4.39 Å². The van der Waals surface area contributed by atoms with Gasteiger partial charge in [-0.2, -0.15) is 0 Å². The van der Waals surface area contributed by atoms with Crippen LogP contribution in [-0.4, -0.2) is 78.6 Å². The van der Waals surface area contributed by atoms with Crippen LogP contribution < -0.4 is 0 Å². The molecule has 0 saturated heterocycles. The predicted molar refractivity (Wildman–Crippen MR) is 133 cm³/mol. The molecular weight excluding hydrogens is 477 g/mol. The number of benzene rings is 1. The predicted octanol–water partition coefficient (Wildman–Crippen LogP) is 4.10. The highest BCUT2D eigenvalue weighted by Crippen LogP contribution is 2.67. The normalized spacial score (nSPS) is 25.7. The zero-order valence-electron chi connectivity index (χ0n) is 20.4. The fraction of sp³-hybridized carbons (Fsp3) is 0.565. The third kappa shape index (κ3) is 5.06. The molecule has 2 amide bonds. The van der Waals surface area contributed by atoms with Crippen molar-refractivity contribution in [3.05, 3.63) is 35.1 Å². The first-order chi connectivity index (χ1) is 15.7. The standard InChI is InChI=1S/C23H32FN3O5SSi/c1-22(16-11-15(13-28)7-8-17(16)24)18-12-23(18,19(29)26(2)3)33-20(25-22)27(21(30)31)14-32-9-10-34(4,5)6/h7-8,11,13,18H,9-10,12,14H2,1-6H3,(H,30,31)/t18-,22+,23-/m0/s1. The van der Waals surface area contributed by atoms with Gasteiger partial charge in [0, 0.05) is 45.8 Å². The fourth-order valence-corrected chi connectivity index (χ4v) is 6.67. The van der Waals surface area contributed by atoms with Gasteiger partial charge >= 0.3 is 6.09 Å². The van der Waals surface area contributed by atoms with E-state index in [-0.39, 0.29) is 34.9 Å². The minimum Gasteiger partial charge on any atom is -0.465 e. The van der Waals surface area contributed by atoms with E-state index in [1.807, 2.05) is 0 Å². The van der Waals surface area contributed by atoms with Crippen molar-refractivity contribution in [1.29, 1.82) is 0 Å². The zero-order valence-corrected chi connectivity index (χ0v) is 22.2. The summed E-state index contributed by atoms with van der Waals surface area (Å²) in [4.78, 5) is 43.9. The van der Waals surface area contributed by atoms with Crippen molar-refractivity contribution in [2.45, 2.75) is 49.3 Å². The third-order valence-corrected chi connectivity index (χ3v) is 9.50. The lowest BCUT2D eigenvalue weighted by Gasteiger charge is -2.37. The van der Waals surface area contributed by atoms with Crippen LogP contribution in [-0.2, 0) is 15.1 Å². The highest BCUT2D eigenvalue weighted by molar-refractivity contribution is 8.16. The van der Waals surface area contributed by atoms with Gasteiger partial charge in [0.15, 0.2) is 5.17 Å². The van der Waals surface area contributed by atoms with Crippen LogP contribution in [0.3, 0.4) is 0 Å². The summed E-state index contributed by atoms with van der Waals surface area (Å²) in [5, 5.41) is 10.0. The molecule has 0 aromatic heterocycles. The quantitative estimate of drug-likeness (QED) is 0.245. The minimum absolute atomic E-state index is 0.0860. The van der Waals surface area contributed by atoms with E-state index in [0.717, 1.165) is 22.7 Å². The summed E-state index contributed by atoms with van der Waals surface area (Å²) in [6.45, 7) is 8.46. The average molecular weight is 510 g/mol.